The van der Waals surface area contributed by atoms with Gasteiger partial charge in [-0.25, -0.2) is 0 Å². The molecule has 1 aromatic carbocycles. The number of aryl methyl sites for hydroxylation is 2. The number of nitrogens with zero attached hydrogens (tertiary/aromatic N) is 3. The van der Waals surface area contributed by atoms with Crippen molar-refractivity contribution in [1.82, 2.24) is 15.1 Å². The Labute approximate surface area is 130 Å². The van der Waals surface area contributed by atoms with Crippen LogP contribution in [0.25, 0.3) is 0 Å². The zero-order valence-electron chi connectivity index (χ0n) is 12.7. The van der Waals surface area contributed by atoms with Gasteiger partial charge in [0.15, 0.2) is 0 Å². The molecule has 1 fully saturated rings. The van der Waals surface area contributed by atoms with Gasteiger partial charge < -0.3 is 9.32 Å². The molecule has 116 valence electrons. The first kappa shape index (κ1) is 14.8. The Hall–Kier alpha value is -2.17. The Kier molecular flexibility index (Phi) is 4.83. The number of hydrogen-bond donors (Lipinski definition) is 0. The molecule has 0 spiro atoms. The van der Waals surface area contributed by atoms with E-state index in [4.69, 9.17) is 4.42 Å². The van der Waals surface area contributed by atoms with E-state index in [-0.39, 0.29) is 11.8 Å². The number of carbonyl (C=O) groups is 1. The lowest BCUT2D eigenvalue weighted by Gasteiger charge is -2.17. The standard InChI is InChI=1S/C17H21N3O2/c21-17(20-12-6-1-2-7-13-20)16-19-18-15(22-16)11-10-14-8-4-3-5-9-14/h3-5,8-9H,1-2,6-7,10-13H2. The predicted molar refractivity (Wildman–Crippen MR) is 82.5 cm³/mol. The SMILES string of the molecule is O=C(c1nnc(CCc2ccccc2)o1)N1CCCCCC1. The van der Waals surface area contributed by atoms with Gasteiger partial charge in [-0.1, -0.05) is 43.2 Å². The fourth-order valence-electron chi connectivity index (χ4n) is 2.75. The van der Waals surface area contributed by atoms with Crippen LogP contribution in [0.5, 0.6) is 0 Å². The molecule has 5 heteroatoms. The highest BCUT2D eigenvalue weighted by Gasteiger charge is 2.22. The van der Waals surface area contributed by atoms with Crippen molar-refractivity contribution >= 4 is 5.91 Å². The molecule has 3 rings (SSSR count). The maximum Gasteiger partial charge on any atom is 0.311 e. The molecule has 2 aromatic rings. The van der Waals surface area contributed by atoms with Gasteiger partial charge in [-0.2, -0.15) is 0 Å². The minimum absolute atomic E-state index is 0.125. The summed E-state index contributed by atoms with van der Waals surface area (Å²) >= 11 is 0. The van der Waals surface area contributed by atoms with Crippen molar-refractivity contribution in [2.75, 3.05) is 13.1 Å². The molecular weight excluding hydrogens is 278 g/mol. The fraction of sp³-hybridized carbons (Fsp3) is 0.471. The van der Waals surface area contributed by atoms with Gasteiger partial charge in [-0.05, 0) is 24.8 Å². The molecule has 0 unspecified atom stereocenters. The van der Waals surface area contributed by atoms with Gasteiger partial charge in [-0.3, -0.25) is 4.79 Å². The summed E-state index contributed by atoms with van der Waals surface area (Å²) in [6.07, 6.45) is 5.98. The molecular formula is C17H21N3O2. The van der Waals surface area contributed by atoms with Crippen molar-refractivity contribution < 1.29 is 9.21 Å². The zero-order valence-corrected chi connectivity index (χ0v) is 12.7. The van der Waals surface area contributed by atoms with Crippen LogP contribution in [0.4, 0.5) is 0 Å². The Morgan fingerprint density at radius 3 is 2.45 bits per heavy atom. The molecule has 0 saturated carbocycles. The van der Waals surface area contributed by atoms with Crippen LogP contribution in [-0.4, -0.2) is 34.1 Å². The Bertz CT molecular complexity index is 601. The summed E-state index contributed by atoms with van der Waals surface area (Å²) < 4.78 is 5.55. The lowest BCUT2D eigenvalue weighted by atomic mass is 10.1. The largest absolute Gasteiger partial charge is 0.417 e. The maximum atomic E-state index is 12.4. The summed E-state index contributed by atoms with van der Waals surface area (Å²) in [6, 6.07) is 10.2. The molecule has 1 aliphatic rings. The minimum atomic E-state index is -0.125. The zero-order chi connectivity index (χ0) is 15.2. The summed E-state index contributed by atoms with van der Waals surface area (Å²) in [5.41, 5.74) is 1.22. The van der Waals surface area contributed by atoms with Gasteiger partial charge in [0.2, 0.25) is 5.89 Å². The quantitative estimate of drug-likeness (QED) is 0.871. The Balaban J connectivity index is 1.59. The molecule has 5 nitrogen and oxygen atoms in total. The summed E-state index contributed by atoms with van der Waals surface area (Å²) in [5.74, 6) is 0.535. The average Bonchev–Trinajstić information content (AvgIpc) is 2.87. The Morgan fingerprint density at radius 2 is 1.73 bits per heavy atom. The molecule has 0 aliphatic carbocycles. The normalized spacial score (nSPS) is 15.5. The lowest BCUT2D eigenvalue weighted by Crippen LogP contribution is -2.32. The second-order valence-electron chi connectivity index (χ2n) is 5.69. The summed E-state index contributed by atoms with van der Waals surface area (Å²) in [4.78, 5) is 14.2. The number of amides is 1. The molecule has 0 radical (unpaired) electrons. The Morgan fingerprint density at radius 1 is 1.00 bits per heavy atom. The first-order chi connectivity index (χ1) is 10.8. The number of aromatic nitrogens is 2. The number of likely N-dealkylation sites (tertiary alicyclic amines) is 1. The van der Waals surface area contributed by atoms with Crippen LogP contribution in [0.15, 0.2) is 34.7 Å². The number of benzene rings is 1. The van der Waals surface area contributed by atoms with Gasteiger partial charge in [-0.15, -0.1) is 10.2 Å². The van der Waals surface area contributed by atoms with E-state index in [9.17, 15) is 4.79 Å². The van der Waals surface area contributed by atoms with E-state index in [1.807, 2.05) is 23.1 Å². The first-order valence-corrected chi connectivity index (χ1v) is 7.98. The summed E-state index contributed by atoms with van der Waals surface area (Å²) in [5, 5.41) is 7.93. The van der Waals surface area contributed by atoms with Gasteiger partial charge in [0.25, 0.3) is 0 Å². The second-order valence-corrected chi connectivity index (χ2v) is 5.69. The van der Waals surface area contributed by atoms with Crippen LogP contribution in [-0.2, 0) is 12.8 Å². The van der Waals surface area contributed by atoms with Crippen molar-refractivity contribution in [3.8, 4) is 0 Å². The molecule has 1 amide bonds. The molecule has 1 aliphatic heterocycles. The van der Waals surface area contributed by atoms with Crippen LogP contribution < -0.4 is 0 Å². The fourth-order valence-corrected chi connectivity index (χ4v) is 2.75. The highest BCUT2D eigenvalue weighted by atomic mass is 16.4. The van der Waals surface area contributed by atoms with Crippen molar-refractivity contribution in [2.24, 2.45) is 0 Å². The topological polar surface area (TPSA) is 59.2 Å². The van der Waals surface area contributed by atoms with E-state index in [0.29, 0.717) is 12.3 Å². The van der Waals surface area contributed by atoms with E-state index >= 15 is 0 Å². The van der Waals surface area contributed by atoms with Gasteiger partial charge >= 0.3 is 11.8 Å². The number of carbonyl (C=O) groups excluding carboxylic acids is 1. The molecule has 0 bridgehead atoms. The number of rotatable bonds is 4. The summed E-state index contributed by atoms with van der Waals surface area (Å²) in [6.45, 7) is 1.58. The van der Waals surface area contributed by atoms with Gasteiger partial charge in [0.05, 0.1) is 0 Å². The van der Waals surface area contributed by atoms with E-state index in [1.165, 1.54) is 18.4 Å². The van der Waals surface area contributed by atoms with E-state index < -0.39 is 0 Å². The smallest absolute Gasteiger partial charge is 0.311 e. The minimum Gasteiger partial charge on any atom is -0.417 e. The van der Waals surface area contributed by atoms with Gasteiger partial charge in [0.1, 0.15) is 0 Å². The van der Waals surface area contributed by atoms with Crippen molar-refractivity contribution in [1.29, 1.82) is 0 Å². The van der Waals surface area contributed by atoms with Crippen LogP contribution in [0.3, 0.4) is 0 Å². The first-order valence-electron chi connectivity index (χ1n) is 7.98. The molecule has 22 heavy (non-hydrogen) atoms. The molecule has 2 heterocycles. The average molecular weight is 299 g/mol. The molecule has 0 N–H and O–H groups in total. The van der Waals surface area contributed by atoms with E-state index in [0.717, 1.165) is 32.4 Å². The third kappa shape index (κ3) is 3.72. The summed E-state index contributed by atoms with van der Waals surface area (Å²) in [7, 11) is 0. The highest BCUT2D eigenvalue weighted by molar-refractivity contribution is 5.89. The van der Waals surface area contributed by atoms with E-state index in [2.05, 4.69) is 22.3 Å². The molecule has 0 atom stereocenters. The molecule has 1 saturated heterocycles. The van der Waals surface area contributed by atoms with Crippen LogP contribution >= 0.6 is 0 Å². The lowest BCUT2D eigenvalue weighted by molar-refractivity contribution is 0.0719. The second kappa shape index (κ2) is 7.20. The van der Waals surface area contributed by atoms with Crippen LogP contribution in [0.1, 0.15) is 47.8 Å². The molecule has 1 aromatic heterocycles. The van der Waals surface area contributed by atoms with E-state index in [1.54, 1.807) is 0 Å². The number of hydrogen-bond acceptors (Lipinski definition) is 4. The third-order valence-electron chi connectivity index (χ3n) is 4.01. The van der Waals surface area contributed by atoms with Crippen LogP contribution in [0, 0.1) is 0 Å². The van der Waals surface area contributed by atoms with Crippen LogP contribution in [0.2, 0.25) is 0 Å². The predicted octanol–water partition coefficient (Wildman–Crippen LogP) is 2.87. The van der Waals surface area contributed by atoms with Gasteiger partial charge in [0, 0.05) is 19.5 Å². The highest BCUT2D eigenvalue weighted by Crippen LogP contribution is 2.13. The van der Waals surface area contributed by atoms with Crippen molar-refractivity contribution in [3.63, 3.8) is 0 Å². The maximum absolute atomic E-state index is 12.4. The third-order valence-corrected chi connectivity index (χ3v) is 4.01. The van der Waals surface area contributed by atoms with Crippen molar-refractivity contribution in [3.05, 3.63) is 47.7 Å². The monoisotopic (exact) mass is 299 g/mol. The van der Waals surface area contributed by atoms with Crippen molar-refractivity contribution in [2.45, 2.75) is 38.5 Å².